The number of hydrogen-bond acceptors (Lipinski definition) is 5. The van der Waals surface area contributed by atoms with E-state index in [9.17, 15) is 13.6 Å². The fourth-order valence-electron chi connectivity index (χ4n) is 3.11. The summed E-state index contributed by atoms with van der Waals surface area (Å²) in [5, 5.41) is 4.11. The van der Waals surface area contributed by atoms with Crippen LogP contribution in [0.2, 0.25) is 5.02 Å². The number of aromatic nitrogens is 2. The molecule has 1 aliphatic rings. The van der Waals surface area contributed by atoms with E-state index in [4.69, 9.17) is 11.6 Å². The van der Waals surface area contributed by atoms with Gasteiger partial charge in [0.2, 0.25) is 5.13 Å². The van der Waals surface area contributed by atoms with Gasteiger partial charge in [0.25, 0.3) is 0 Å². The van der Waals surface area contributed by atoms with Gasteiger partial charge in [0.15, 0.2) is 11.6 Å². The number of nitrogens with one attached hydrogen (secondary N) is 1. The summed E-state index contributed by atoms with van der Waals surface area (Å²) in [6, 6.07) is 10.5. The molecule has 2 amide bonds. The van der Waals surface area contributed by atoms with Gasteiger partial charge in [-0.05, 0) is 29.8 Å². The van der Waals surface area contributed by atoms with E-state index < -0.39 is 11.6 Å². The smallest absolute Gasteiger partial charge is 0.321 e. The van der Waals surface area contributed by atoms with Crippen molar-refractivity contribution in [2.75, 3.05) is 36.4 Å². The maximum Gasteiger partial charge on any atom is 0.321 e. The normalized spacial score (nSPS) is 14.1. The molecule has 2 heterocycles. The molecule has 3 aromatic rings. The molecule has 0 radical (unpaired) electrons. The number of piperazine rings is 1. The molecule has 1 fully saturated rings. The summed E-state index contributed by atoms with van der Waals surface area (Å²) in [6.07, 6.45) is 0.629. The Hall–Kier alpha value is -2.78. The molecule has 0 unspecified atom stereocenters. The predicted octanol–water partition coefficient (Wildman–Crippen LogP) is 4.41. The van der Waals surface area contributed by atoms with Crippen molar-refractivity contribution in [1.82, 2.24) is 14.3 Å². The number of benzene rings is 2. The molecular formula is C20H18ClF2N5OS. The van der Waals surface area contributed by atoms with Crippen LogP contribution in [0.25, 0.3) is 0 Å². The van der Waals surface area contributed by atoms with Gasteiger partial charge in [-0.2, -0.15) is 4.37 Å². The first kappa shape index (κ1) is 20.5. The molecule has 10 heteroatoms. The van der Waals surface area contributed by atoms with Crippen molar-refractivity contribution in [1.29, 1.82) is 0 Å². The van der Waals surface area contributed by atoms with E-state index in [-0.39, 0.29) is 11.7 Å². The minimum Gasteiger partial charge on any atom is -0.343 e. The van der Waals surface area contributed by atoms with Gasteiger partial charge in [-0.1, -0.05) is 23.7 Å². The number of carbonyl (C=O) groups excluding carboxylic acids is 1. The van der Waals surface area contributed by atoms with Crippen LogP contribution in [0.3, 0.4) is 0 Å². The molecule has 0 aliphatic carbocycles. The van der Waals surface area contributed by atoms with Gasteiger partial charge >= 0.3 is 6.03 Å². The zero-order valence-corrected chi connectivity index (χ0v) is 17.4. The van der Waals surface area contributed by atoms with E-state index in [1.165, 1.54) is 17.6 Å². The average Bonchev–Trinajstić information content (AvgIpc) is 3.21. The van der Waals surface area contributed by atoms with Crippen LogP contribution in [0, 0.1) is 11.6 Å². The van der Waals surface area contributed by atoms with Crippen molar-refractivity contribution in [3.05, 3.63) is 70.5 Å². The molecule has 6 nitrogen and oxygen atoms in total. The standard InChI is InChI=1S/C20H18ClF2N5OS/c21-14-3-1-13(2-4-14)11-18-25-20(30-26-18)28-9-7-27(8-10-28)19(29)24-15-5-6-16(22)17(23)12-15/h1-6,12H,7-11H2,(H,24,29). The van der Waals surface area contributed by atoms with Gasteiger partial charge in [-0.25, -0.2) is 18.6 Å². The van der Waals surface area contributed by atoms with Crippen LogP contribution < -0.4 is 10.2 Å². The molecule has 1 aromatic heterocycles. The minimum atomic E-state index is -0.997. The Morgan fingerprint density at radius 2 is 1.80 bits per heavy atom. The number of nitrogens with zero attached hydrogens (tertiary/aromatic N) is 4. The Kier molecular flexibility index (Phi) is 6.10. The van der Waals surface area contributed by atoms with E-state index in [2.05, 4.69) is 19.6 Å². The molecule has 0 spiro atoms. The summed E-state index contributed by atoms with van der Waals surface area (Å²) >= 11 is 7.25. The molecule has 4 rings (SSSR count). The fraction of sp³-hybridized carbons (Fsp3) is 0.250. The van der Waals surface area contributed by atoms with Crippen LogP contribution in [-0.4, -0.2) is 46.5 Å². The van der Waals surface area contributed by atoms with E-state index in [1.54, 1.807) is 4.90 Å². The van der Waals surface area contributed by atoms with Crippen molar-refractivity contribution in [3.8, 4) is 0 Å². The number of hydrogen-bond donors (Lipinski definition) is 1. The molecule has 2 aromatic carbocycles. The van der Waals surface area contributed by atoms with E-state index in [1.807, 2.05) is 24.3 Å². The van der Waals surface area contributed by atoms with Gasteiger partial charge in [-0.3, -0.25) is 0 Å². The lowest BCUT2D eigenvalue weighted by molar-refractivity contribution is 0.208. The van der Waals surface area contributed by atoms with Gasteiger partial charge in [0.05, 0.1) is 0 Å². The maximum atomic E-state index is 13.3. The molecule has 0 saturated carbocycles. The maximum absolute atomic E-state index is 13.3. The number of halogens is 3. The van der Waals surface area contributed by atoms with Crippen LogP contribution in [0.15, 0.2) is 42.5 Å². The first-order valence-electron chi connectivity index (χ1n) is 9.31. The lowest BCUT2D eigenvalue weighted by atomic mass is 10.1. The Morgan fingerprint density at radius 1 is 1.07 bits per heavy atom. The Bertz CT molecular complexity index is 1040. The van der Waals surface area contributed by atoms with Crippen molar-refractivity contribution < 1.29 is 13.6 Å². The highest BCUT2D eigenvalue weighted by molar-refractivity contribution is 7.09. The number of rotatable bonds is 4. The quantitative estimate of drug-likeness (QED) is 0.640. The fourth-order valence-corrected chi connectivity index (χ4v) is 3.97. The molecule has 156 valence electrons. The average molecular weight is 450 g/mol. The lowest BCUT2D eigenvalue weighted by Gasteiger charge is -2.34. The molecule has 0 bridgehead atoms. The van der Waals surface area contributed by atoms with Crippen LogP contribution in [0.4, 0.5) is 24.4 Å². The second kappa shape index (κ2) is 8.93. The predicted molar refractivity (Wildman–Crippen MR) is 113 cm³/mol. The van der Waals surface area contributed by atoms with Crippen molar-refractivity contribution in [2.24, 2.45) is 0 Å². The highest BCUT2D eigenvalue weighted by Gasteiger charge is 2.23. The number of carbonyl (C=O) groups is 1. The van der Waals surface area contributed by atoms with Crippen molar-refractivity contribution >= 4 is 40.0 Å². The van der Waals surface area contributed by atoms with Gasteiger partial charge < -0.3 is 15.1 Å². The first-order valence-corrected chi connectivity index (χ1v) is 10.5. The topological polar surface area (TPSA) is 61.4 Å². The number of amides is 2. The third-order valence-corrected chi connectivity index (χ3v) is 5.81. The van der Waals surface area contributed by atoms with E-state index in [0.29, 0.717) is 37.6 Å². The minimum absolute atomic E-state index is 0.220. The van der Waals surface area contributed by atoms with Crippen LogP contribution in [-0.2, 0) is 6.42 Å². The monoisotopic (exact) mass is 449 g/mol. The molecule has 1 aliphatic heterocycles. The second-order valence-electron chi connectivity index (χ2n) is 6.83. The Balaban J connectivity index is 1.31. The van der Waals surface area contributed by atoms with Gasteiger partial charge in [-0.15, -0.1) is 0 Å². The van der Waals surface area contributed by atoms with Crippen molar-refractivity contribution in [2.45, 2.75) is 6.42 Å². The number of urea groups is 1. The zero-order valence-electron chi connectivity index (χ0n) is 15.8. The number of anilines is 2. The molecule has 1 saturated heterocycles. The largest absolute Gasteiger partial charge is 0.343 e. The summed E-state index contributed by atoms with van der Waals surface area (Å²) in [5.41, 5.74) is 1.31. The van der Waals surface area contributed by atoms with Crippen molar-refractivity contribution in [3.63, 3.8) is 0 Å². The molecule has 1 N–H and O–H groups in total. The lowest BCUT2D eigenvalue weighted by Crippen LogP contribution is -2.50. The second-order valence-corrected chi connectivity index (χ2v) is 8.00. The van der Waals surface area contributed by atoms with Gasteiger partial charge in [0.1, 0.15) is 5.82 Å². The molecular weight excluding hydrogens is 432 g/mol. The zero-order chi connectivity index (χ0) is 21.1. The third kappa shape index (κ3) is 4.85. The van der Waals surface area contributed by atoms with Crippen LogP contribution >= 0.6 is 23.1 Å². The summed E-state index contributed by atoms with van der Waals surface area (Å²) in [4.78, 5) is 20.7. The Labute approximate surface area is 181 Å². The highest BCUT2D eigenvalue weighted by Crippen LogP contribution is 2.21. The van der Waals surface area contributed by atoms with E-state index in [0.717, 1.165) is 28.7 Å². The highest BCUT2D eigenvalue weighted by atomic mass is 35.5. The van der Waals surface area contributed by atoms with Gasteiger partial charge in [0, 0.05) is 60.9 Å². The van der Waals surface area contributed by atoms with Crippen LogP contribution in [0.5, 0.6) is 0 Å². The Morgan fingerprint density at radius 3 is 2.50 bits per heavy atom. The molecule has 0 atom stereocenters. The summed E-state index contributed by atoms with van der Waals surface area (Å²) in [7, 11) is 0. The summed E-state index contributed by atoms with van der Waals surface area (Å²) in [5.74, 6) is -1.20. The van der Waals surface area contributed by atoms with E-state index >= 15 is 0 Å². The summed E-state index contributed by atoms with van der Waals surface area (Å²) < 4.78 is 30.8. The third-order valence-electron chi connectivity index (χ3n) is 4.74. The summed E-state index contributed by atoms with van der Waals surface area (Å²) in [6.45, 7) is 2.20. The first-order chi connectivity index (χ1) is 14.5. The van der Waals surface area contributed by atoms with Crippen LogP contribution in [0.1, 0.15) is 11.4 Å². The molecule has 30 heavy (non-hydrogen) atoms. The SMILES string of the molecule is O=C(Nc1ccc(F)c(F)c1)N1CCN(c2nc(Cc3ccc(Cl)cc3)ns2)CC1.